The highest BCUT2D eigenvalue weighted by atomic mass is 35.5. The Kier molecular flexibility index (Phi) is 8.04. The highest BCUT2D eigenvalue weighted by molar-refractivity contribution is 6.29. The molecule has 0 radical (unpaired) electrons. The van der Waals surface area contributed by atoms with Crippen LogP contribution in [0.25, 0.3) is 0 Å². The molecule has 0 unspecified atom stereocenters. The van der Waals surface area contributed by atoms with Gasteiger partial charge in [0.1, 0.15) is 5.15 Å². The molecule has 0 saturated carbocycles. The molecule has 1 rings (SSSR count). The van der Waals surface area contributed by atoms with Crippen molar-refractivity contribution in [1.82, 2.24) is 4.98 Å². The number of nitrogens with zero attached hydrogens (tertiary/aromatic N) is 1. The first-order valence-electron chi connectivity index (χ1n) is 1.96. The van der Waals surface area contributed by atoms with Crippen molar-refractivity contribution in [3.63, 3.8) is 0 Å². The monoisotopic (exact) mass is 185 g/mol. The van der Waals surface area contributed by atoms with Crippen LogP contribution >= 0.6 is 36.4 Å². The smallest absolute Gasteiger partial charge is 0.129 e. The number of halogens is 3. The first-order chi connectivity index (χ1) is 3.39. The van der Waals surface area contributed by atoms with E-state index < -0.39 is 0 Å². The lowest BCUT2D eigenvalue weighted by molar-refractivity contribution is 1.33. The molecule has 0 amide bonds. The van der Waals surface area contributed by atoms with E-state index in [2.05, 4.69) is 4.98 Å². The van der Waals surface area contributed by atoms with Gasteiger partial charge in [-0.15, -0.1) is 24.8 Å². The molecule has 4 heteroatoms. The summed E-state index contributed by atoms with van der Waals surface area (Å²) in [5.41, 5.74) is 0. The van der Waals surface area contributed by atoms with Gasteiger partial charge in [-0.2, -0.15) is 0 Å². The van der Waals surface area contributed by atoms with Gasteiger partial charge >= 0.3 is 0 Å². The van der Waals surface area contributed by atoms with Gasteiger partial charge in [-0.1, -0.05) is 17.7 Å². The number of pyridine rings is 1. The van der Waals surface area contributed by atoms with Crippen LogP contribution in [0.5, 0.6) is 0 Å². The molecule has 0 aromatic carbocycles. The Labute approximate surface area is 71.3 Å². The van der Waals surface area contributed by atoms with Crippen molar-refractivity contribution in [3.05, 3.63) is 29.5 Å². The van der Waals surface area contributed by atoms with Gasteiger partial charge in [-0.3, -0.25) is 0 Å². The summed E-state index contributed by atoms with van der Waals surface area (Å²) in [6.45, 7) is 0. The van der Waals surface area contributed by atoms with E-state index in [9.17, 15) is 0 Å². The minimum absolute atomic E-state index is 0. The summed E-state index contributed by atoms with van der Waals surface area (Å²) in [6.07, 6.45) is 1.66. The average molecular weight is 186 g/mol. The lowest BCUT2D eigenvalue weighted by atomic mass is 10.5. The van der Waals surface area contributed by atoms with Crippen LogP contribution in [0.2, 0.25) is 5.15 Å². The first kappa shape index (κ1) is 11.8. The summed E-state index contributed by atoms with van der Waals surface area (Å²) >= 11 is 5.43. The molecular weight excluding hydrogens is 180 g/mol. The fourth-order valence-electron chi connectivity index (χ4n) is 0.342. The quantitative estimate of drug-likeness (QED) is 0.568. The number of hydrogen-bond donors (Lipinski definition) is 0. The van der Waals surface area contributed by atoms with Crippen LogP contribution in [0.3, 0.4) is 0 Å². The fourth-order valence-corrected chi connectivity index (χ4v) is 0.471. The molecule has 0 aliphatic carbocycles. The zero-order chi connectivity index (χ0) is 5.11. The van der Waals surface area contributed by atoms with Crippen LogP contribution in [0.15, 0.2) is 24.4 Å². The highest BCUT2D eigenvalue weighted by Crippen LogP contribution is 1.98. The van der Waals surface area contributed by atoms with Gasteiger partial charge in [0.05, 0.1) is 0 Å². The van der Waals surface area contributed by atoms with Crippen LogP contribution in [0.1, 0.15) is 0 Å². The summed E-state index contributed by atoms with van der Waals surface area (Å²) < 4.78 is 0. The second-order valence-corrected chi connectivity index (χ2v) is 1.54. The minimum atomic E-state index is 0. The van der Waals surface area contributed by atoms with E-state index in [-0.39, 0.29) is 24.8 Å². The topological polar surface area (TPSA) is 12.9 Å². The van der Waals surface area contributed by atoms with Crippen LogP contribution in [0.4, 0.5) is 0 Å². The molecule has 1 aromatic rings. The Hall–Kier alpha value is 0.0200. The predicted molar refractivity (Wildman–Crippen MR) is 43.7 cm³/mol. The molecule has 0 aliphatic heterocycles. The van der Waals surface area contributed by atoms with Crippen molar-refractivity contribution < 1.29 is 0 Å². The second-order valence-electron chi connectivity index (χ2n) is 1.15. The van der Waals surface area contributed by atoms with E-state index in [0.29, 0.717) is 5.15 Å². The summed E-state index contributed by atoms with van der Waals surface area (Å²) in [4.78, 5) is 3.74. The van der Waals surface area contributed by atoms with Crippen molar-refractivity contribution in [2.45, 2.75) is 0 Å². The summed E-state index contributed by atoms with van der Waals surface area (Å²) in [5, 5.41) is 0.544. The van der Waals surface area contributed by atoms with E-state index in [0.717, 1.165) is 0 Å². The molecule has 0 bridgehead atoms. The van der Waals surface area contributed by atoms with Crippen molar-refractivity contribution in [1.29, 1.82) is 0 Å². The highest BCUT2D eigenvalue weighted by Gasteiger charge is 1.76. The standard InChI is InChI=1S/C5H4ClN.2ClH/c6-5-3-1-2-4-7-5;;/h1-4H;2*1H. The maximum atomic E-state index is 5.43. The molecule has 0 fully saturated rings. The Morgan fingerprint density at radius 2 is 1.89 bits per heavy atom. The molecule has 52 valence electrons. The molecule has 1 aromatic heterocycles. The molecule has 0 aliphatic rings. The molecule has 0 N–H and O–H groups in total. The molecule has 0 saturated heterocycles. The van der Waals surface area contributed by atoms with Gasteiger partial charge in [-0.05, 0) is 12.1 Å². The van der Waals surface area contributed by atoms with Gasteiger partial charge in [0.2, 0.25) is 0 Å². The molecule has 1 nitrogen and oxygen atoms in total. The fraction of sp³-hybridized carbons (Fsp3) is 0. The molecule has 1 heterocycles. The van der Waals surface area contributed by atoms with E-state index in [1.54, 1.807) is 12.3 Å². The maximum Gasteiger partial charge on any atom is 0.129 e. The lowest BCUT2D eigenvalue weighted by Crippen LogP contribution is -1.65. The van der Waals surface area contributed by atoms with E-state index in [1.807, 2.05) is 12.1 Å². The normalized spacial score (nSPS) is 6.78. The first-order valence-corrected chi connectivity index (χ1v) is 2.34. The minimum Gasteiger partial charge on any atom is -0.245 e. The van der Waals surface area contributed by atoms with Gasteiger partial charge in [0, 0.05) is 6.20 Å². The van der Waals surface area contributed by atoms with Gasteiger partial charge in [0.15, 0.2) is 0 Å². The zero-order valence-corrected chi connectivity index (χ0v) is 6.84. The van der Waals surface area contributed by atoms with Gasteiger partial charge in [-0.25, -0.2) is 4.98 Å². The third kappa shape index (κ3) is 4.52. The number of hydrogen-bond acceptors (Lipinski definition) is 1. The van der Waals surface area contributed by atoms with Crippen LogP contribution in [-0.4, -0.2) is 4.98 Å². The predicted octanol–water partition coefficient (Wildman–Crippen LogP) is 2.58. The number of rotatable bonds is 0. The van der Waals surface area contributed by atoms with Crippen molar-refractivity contribution >= 4 is 36.4 Å². The van der Waals surface area contributed by atoms with Crippen LogP contribution < -0.4 is 0 Å². The van der Waals surface area contributed by atoms with Crippen molar-refractivity contribution in [2.75, 3.05) is 0 Å². The van der Waals surface area contributed by atoms with Crippen LogP contribution in [-0.2, 0) is 0 Å². The Bertz CT molecular complexity index is 142. The zero-order valence-electron chi connectivity index (χ0n) is 4.45. The summed E-state index contributed by atoms with van der Waals surface area (Å²) in [5.74, 6) is 0. The Morgan fingerprint density at radius 1 is 1.22 bits per heavy atom. The summed E-state index contributed by atoms with van der Waals surface area (Å²) in [6, 6.07) is 5.41. The maximum absolute atomic E-state index is 5.43. The van der Waals surface area contributed by atoms with E-state index >= 15 is 0 Å². The second kappa shape index (κ2) is 6.14. The Balaban J connectivity index is 0. The molecule has 0 atom stereocenters. The lowest BCUT2D eigenvalue weighted by Gasteiger charge is -1.79. The molecule has 9 heavy (non-hydrogen) atoms. The van der Waals surface area contributed by atoms with Crippen molar-refractivity contribution in [2.24, 2.45) is 0 Å². The third-order valence-electron chi connectivity index (χ3n) is 0.629. The molecule has 0 spiro atoms. The van der Waals surface area contributed by atoms with Crippen molar-refractivity contribution in [3.8, 4) is 0 Å². The largest absolute Gasteiger partial charge is 0.245 e. The van der Waals surface area contributed by atoms with Gasteiger partial charge < -0.3 is 0 Å². The Morgan fingerprint density at radius 3 is 2.11 bits per heavy atom. The van der Waals surface area contributed by atoms with Gasteiger partial charge in [0.25, 0.3) is 0 Å². The SMILES string of the molecule is Cl.Cl.Clc1ccccn1. The number of aromatic nitrogens is 1. The third-order valence-corrected chi connectivity index (χ3v) is 0.852. The van der Waals surface area contributed by atoms with E-state index in [4.69, 9.17) is 11.6 Å². The van der Waals surface area contributed by atoms with E-state index in [1.165, 1.54) is 0 Å². The average Bonchev–Trinajstić information content (AvgIpc) is 1.69. The van der Waals surface area contributed by atoms with Crippen LogP contribution in [0, 0.1) is 0 Å². The summed E-state index contributed by atoms with van der Waals surface area (Å²) in [7, 11) is 0. The molecular formula is C5H6Cl3N.